The number of amides is 2. The van der Waals surface area contributed by atoms with Gasteiger partial charge in [-0.05, 0) is 48.2 Å². The lowest BCUT2D eigenvalue weighted by atomic mass is 10.2. The first kappa shape index (κ1) is 20.3. The van der Waals surface area contributed by atoms with Crippen LogP contribution in [0.2, 0.25) is 0 Å². The lowest BCUT2D eigenvalue weighted by Crippen LogP contribution is -2.26. The number of rotatable bonds is 8. The van der Waals surface area contributed by atoms with Gasteiger partial charge in [-0.3, -0.25) is 14.8 Å². The van der Waals surface area contributed by atoms with Crippen LogP contribution in [0, 0.1) is 0 Å². The van der Waals surface area contributed by atoms with Crippen LogP contribution >= 0.6 is 11.8 Å². The Bertz CT molecular complexity index is 793. The third kappa shape index (κ3) is 7.04. The van der Waals surface area contributed by atoms with Crippen molar-refractivity contribution in [1.29, 1.82) is 0 Å². The summed E-state index contributed by atoms with van der Waals surface area (Å²) < 4.78 is 10.7. The van der Waals surface area contributed by atoms with E-state index in [1.165, 1.54) is 6.08 Å². The predicted octanol–water partition coefficient (Wildman–Crippen LogP) is 3.09. The molecule has 0 unspecified atom stereocenters. The number of carbonyl (C=O) groups is 2. The van der Waals surface area contributed by atoms with Gasteiger partial charge in [0.25, 0.3) is 0 Å². The molecule has 2 aromatic carbocycles. The molecule has 7 nitrogen and oxygen atoms in total. The molecule has 0 aliphatic rings. The van der Waals surface area contributed by atoms with E-state index in [1.807, 2.05) is 24.3 Å². The third-order valence-corrected chi connectivity index (χ3v) is 4.13. The molecule has 2 rings (SSSR count). The lowest BCUT2D eigenvalue weighted by Gasteiger charge is -2.07. The normalized spacial score (nSPS) is 10.4. The van der Waals surface area contributed by atoms with Crippen molar-refractivity contribution in [2.24, 2.45) is 0 Å². The second-order valence-electron chi connectivity index (χ2n) is 5.19. The minimum atomic E-state index is -0.562. The van der Waals surface area contributed by atoms with E-state index in [-0.39, 0.29) is 5.91 Å². The Labute approximate surface area is 161 Å². The van der Waals surface area contributed by atoms with E-state index in [0.717, 1.165) is 17.3 Å². The quantitative estimate of drug-likeness (QED) is 0.211. The standard InChI is InChI=1S/C19H20N2O5S/c1-25-17-5-3-2-4-14(17)6-11-18(22)20-12-13-26-15-7-9-16(10-8-15)27-19(23)21-24/h2-11,24H,12-13H2,1H3,(H,20,22)(H,21,23)/b11-6+. The zero-order chi connectivity index (χ0) is 19.5. The van der Waals surface area contributed by atoms with Crippen LogP contribution < -0.4 is 20.3 Å². The predicted molar refractivity (Wildman–Crippen MR) is 103 cm³/mol. The van der Waals surface area contributed by atoms with E-state index in [1.54, 1.807) is 42.9 Å². The Hall–Kier alpha value is -2.97. The zero-order valence-electron chi connectivity index (χ0n) is 14.7. The van der Waals surface area contributed by atoms with Crippen molar-refractivity contribution in [2.75, 3.05) is 20.3 Å². The monoisotopic (exact) mass is 388 g/mol. The fraction of sp³-hybridized carbons (Fsp3) is 0.158. The summed E-state index contributed by atoms with van der Waals surface area (Å²) >= 11 is 0.862. The van der Waals surface area contributed by atoms with Gasteiger partial charge in [-0.2, -0.15) is 0 Å². The Morgan fingerprint density at radius 1 is 1.15 bits per heavy atom. The summed E-state index contributed by atoms with van der Waals surface area (Å²) in [6, 6.07) is 14.2. The molecule has 0 saturated heterocycles. The Balaban J connectivity index is 1.72. The van der Waals surface area contributed by atoms with E-state index in [0.29, 0.717) is 29.5 Å². The highest BCUT2D eigenvalue weighted by molar-refractivity contribution is 8.13. The minimum Gasteiger partial charge on any atom is -0.496 e. The average Bonchev–Trinajstić information content (AvgIpc) is 2.70. The molecule has 0 heterocycles. The molecule has 2 aromatic rings. The first-order valence-electron chi connectivity index (χ1n) is 8.06. The number of nitrogens with one attached hydrogen (secondary N) is 2. The van der Waals surface area contributed by atoms with Crippen molar-refractivity contribution < 1.29 is 24.3 Å². The van der Waals surface area contributed by atoms with Gasteiger partial charge < -0.3 is 14.8 Å². The fourth-order valence-electron chi connectivity index (χ4n) is 2.11. The molecule has 0 atom stereocenters. The number of thioether (sulfide) groups is 1. The molecular formula is C19H20N2O5S. The molecule has 0 bridgehead atoms. The molecule has 0 saturated carbocycles. The highest BCUT2D eigenvalue weighted by Gasteiger charge is 2.03. The van der Waals surface area contributed by atoms with Crippen LogP contribution in [0.25, 0.3) is 6.08 Å². The van der Waals surface area contributed by atoms with Crippen LogP contribution in [0.5, 0.6) is 11.5 Å². The molecule has 0 aliphatic heterocycles. The van der Waals surface area contributed by atoms with Gasteiger partial charge >= 0.3 is 5.24 Å². The molecule has 0 fully saturated rings. The fourth-order valence-corrected chi connectivity index (χ4v) is 2.64. The number of ether oxygens (including phenoxy) is 2. The first-order valence-corrected chi connectivity index (χ1v) is 8.87. The van der Waals surface area contributed by atoms with Gasteiger partial charge in [0.1, 0.15) is 18.1 Å². The molecule has 0 aliphatic carbocycles. The maximum atomic E-state index is 11.8. The SMILES string of the molecule is COc1ccccc1/C=C/C(=O)NCCOc1ccc(SC(=O)NO)cc1. The van der Waals surface area contributed by atoms with E-state index in [2.05, 4.69) is 5.32 Å². The van der Waals surface area contributed by atoms with Crippen LogP contribution in [0.1, 0.15) is 5.56 Å². The van der Waals surface area contributed by atoms with Crippen molar-refractivity contribution in [3.8, 4) is 11.5 Å². The summed E-state index contributed by atoms with van der Waals surface area (Å²) in [6.07, 6.45) is 3.13. The number of para-hydroxylation sites is 1. The topological polar surface area (TPSA) is 96.9 Å². The van der Waals surface area contributed by atoms with Gasteiger partial charge in [0.15, 0.2) is 0 Å². The summed E-state index contributed by atoms with van der Waals surface area (Å²) in [5, 5.41) is 10.6. The largest absolute Gasteiger partial charge is 0.496 e. The number of hydrogen-bond donors (Lipinski definition) is 3. The number of methoxy groups -OCH3 is 1. The van der Waals surface area contributed by atoms with Gasteiger partial charge in [0.2, 0.25) is 5.91 Å². The van der Waals surface area contributed by atoms with Crippen LogP contribution in [0.4, 0.5) is 4.79 Å². The summed E-state index contributed by atoms with van der Waals surface area (Å²) in [7, 11) is 1.58. The highest BCUT2D eigenvalue weighted by atomic mass is 32.2. The summed E-state index contributed by atoms with van der Waals surface area (Å²) in [5.41, 5.74) is 2.37. The molecule has 0 spiro atoms. The van der Waals surface area contributed by atoms with Crippen molar-refractivity contribution in [2.45, 2.75) is 4.90 Å². The summed E-state index contributed by atoms with van der Waals surface area (Å²) in [4.78, 5) is 23.6. The lowest BCUT2D eigenvalue weighted by molar-refractivity contribution is -0.116. The Morgan fingerprint density at radius 3 is 2.59 bits per heavy atom. The second kappa shape index (κ2) is 10.9. The number of benzene rings is 2. The van der Waals surface area contributed by atoms with Gasteiger partial charge in [0, 0.05) is 16.5 Å². The van der Waals surface area contributed by atoms with E-state index < -0.39 is 5.24 Å². The third-order valence-electron chi connectivity index (χ3n) is 3.35. The molecule has 27 heavy (non-hydrogen) atoms. The molecular weight excluding hydrogens is 368 g/mol. The van der Waals surface area contributed by atoms with Crippen molar-refractivity contribution >= 4 is 29.0 Å². The maximum Gasteiger partial charge on any atom is 0.307 e. The van der Waals surface area contributed by atoms with Crippen LogP contribution in [-0.2, 0) is 4.79 Å². The number of hydroxylamine groups is 1. The van der Waals surface area contributed by atoms with Crippen molar-refractivity contribution in [1.82, 2.24) is 10.8 Å². The van der Waals surface area contributed by atoms with Gasteiger partial charge in [0.05, 0.1) is 13.7 Å². The Morgan fingerprint density at radius 2 is 1.89 bits per heavy atom. The second-order valence-corrected chi connectivity index (χ2v) is 6.23. The van der Waals surface area contributed by atoms with E-state index >= 15 is 0 Å². The number of carbonyl (C=O) groups excluding carboxylic acids is 2. The number of hydrogen-bond acceptors (Lipinski definition) is 6. The Kier molecular flexibility index (Phi) is 8.21. The highest BCUT2D eigenvalue weighted by Crippen LogP contribution is 2.21. The first-order chi connectivity index (χ1) is 13.1. The molecule has 0 radical (unpaired) electrons. The van der Waals surface area contributed by atoms with Gasteiger partial charge in [-0.25, -0.2) is 5.48 Å². The minimum absolute atomic E-state index is 0.230. The van der Waals surface area contributed by atoms with Crippen LogP contribution in [0.15, 0.2) is 59.5 Å². The van der Waals surface area contributed by atoms with Crippen molar-refractivity contribution in [3.63, 3.8) is 0 Å². The summed E-state index contributed by atoms with van der Waals surface area (Å²) in [6.45, 7) is 0.649. The van der Waals surface area contributed by atoms with Crippen LogP contribution in [0.3, 0.4) is 0 Å². The smallest absolute Gasteiger partial charge is 0.307 e. The maximum absolute atomic E-state index is 11.8. The van der Waals surface area contributed by atoms with E-state index in [9.17, 15) is 9.59 Å². The molecule has 2 amide bonds. The van der Waals surface area contributed by atoms with E-state index in [4.69, 9.17) is 14.7 Å². The van der Waals surface area contributed by atoms with Gasteiger partial charge in [-0.15, -0.1) is 0 Å². The molecule has 3 N–H and O–H groups in total. The average molecular weight is 388 g/mol. The molecule has 142 valence electrons. The van der Waals surface area contributed by atoms with Crippen LogP contribution in [-0.4, -0.2) is 36.6 Å². The molecule has 8 heteroatoms. The molecule has 0 aromatic heterocycles. The van der Waals surface area contributed by atoms with Crippen molar-refractivity contribution in [3.05, 3.63) is 60.2 Å². The van der Waals surface area contributed by atoms with Gasteiger partial charge in [-0.1, -0.05) is 18.2 Å². The summed E-state index contributed by atoms with van der Waals surface area (Å²) in [5.74, 6) is 1.08. The zero-order valence-corrected chi connectivity index (χ0v) is 15.5.